The van der Waals surface area contributed by atoms with Crippen molar-refractivity contribution in [3.8, 4) is 11.4 Å². The summed E-state index contributed by atoms with van der Waals surface area (Å²) >= 11 is 0. The summed E-state index contributed by atoms with van der Waals surface area (Å²) in [7, 11) is 2.17. The van der Waals surface area contributed by atoms with Crippen LogP contribution in [-0.4, -0.2) is 89.4 Å². The molecule has 13 heteroatoms. The Labute approximate surface area is 224 Å². The minimum Gasteiger partial charge on any atom is -0.492 e. The number of hydrogen-bond acceptors (Lipinski definition) is 7. The molecule has 0 bridgehead atoms. The molecule has 0 radical (unpaired) electrons. The molecule has 4 rings (SSSR count). The number of carboxylic acids is 1. The Balaban J connectivity index is 0.000000532. The highest BCUT2D eigenvalue weighted by atomic mass is 19.4. The average Bonchev–Trinajstić information content (AvgIpc) is 3.13. The Morgan fingerprint density at radius 2 is 1.67 bits per heavy atom. The van der Waals surface area contributed by atoms with E-state index in [2.05, 4.69) is 39.4 Å². The van der Waals surface area contributed by atoms with Crippen molar-refractivity contribution >= 4 is 11.7 Å². The van der Waals surface area contributed by atoms with E-state index in [1.807, 2.05) is 42.5 Å². The lowest BCUT2D eigenvalue weighted by atomic mass is 10.2. The first-order valence-electron chi connectivity index (χ1n) is 12.5. The molecule has 0 aliphatic carbocycles. The highest BCUT2D eigenvalue weighted by Crippen LogP contribution is 2.18. The van der Waals surface area contributed by atoms with Gasteiger partial charge >= 0.3 is 17.8 Å². The zero-order valence-electron chi connectivity index (χ0n) is 21.7. The first kappa shape index (κ1) is 29.7. The van der Waals surface area contributed by atoms with Crippen molar-refractivity contribution in [3.63, 3.8) is 0 Å². The molecule has 1 saturated heterocycles. The van der Waals surface area contributed by atoms with E-state index in [0.717, 1.165) is 44.0 Å². The maximum Gasteiger partial charge on any atom is 0.490 e. The number of alkyl halides is 3. The van der Waals surface area contributed by atoms with Crippen LogP contribution >= 0.6 is 0 Å². The van der Waals surface area contributed by atoms with Gasteiger partial charge in [-0.3, -0.25) is 0 Å². The van der Waals surface area contributed by atoms with Crippen molar-refractivity contribution in [2.24, 2.45) is 0 Å². The summed E-state index contributed by atoms with van der Waals surface area (Å²) in [4.78, 5) is 26.4. The third-order valence-electron chi connectivity index (χ3n) is 5.98. The Morgan fingerprint density at radius 1 is 1.00 bits per heavy atom. The van der Waals surface area contributed by atoms with Gasteiger partial charge in [0.2, 0.25) is 0 Å². The monoisotopic (exact) mass is 550 g/mol. The molecule has 1 aromatic heterocycles. The van der Waals surface area contributed by atoms with Crippen LogP contribution in [0.25, 0.3) is 5.69 Å². The van der Waals surface area contributed by atoms with Gasteiger partial charge in [0, 0.05) is 38.4 Å². The van der Waals surface area contributed by atoms with Gasteiger partial charge in [0.1, 0.15) is 18.7 Å². The van der Waals surface area contributed by atoms with Crippen LogP contribution in [-0.2, 0) is 11.3 Å². The van der Waals surface area contributed by atoms with E-state index in [1.165, 1.54) is 10.4 Å². The molecule has 0 saturated carbocycles. The maximum absolute atomic E-state index is 12.7. The predicted octanol–water partition coefficient (Wildman–Crippen LogP) is 2.48. The van der Waals surface area contributed by atoms with Crippen LogP contribution < -0.4 is 20.6 Å². The second-order valence-electron chi connectivity index (χ2n) is 8.88. The van der Waals surface area contributed by atoms with Crippen molar-refractivity contribution < 1.29 is 27.8 Å². The topological polar surface area (TPSA) is 105 Å². The summed E-state index contributed by atoms with van der Waals surface area (Å²) in [6.45, 7) is 6.74. The molecule has 2 N–H and O–H groups in total. The van der Waals surface area contributed by atoms with Crippen LogP contribution in [0.4, 0.5) is 18.9 Å². The molecule has 2 aromatic carbocycles. The fourth-order valence-electron chi connectivity index (χ4n) is 3.86. The zero-order chi connectivity index (χ0) is 28.3. The number of aliphatic carboxylic acids is 1. The van der Waals surface area contributed by atoms with Crippen LogP contribution in [0.2, 0.25) is 0 Å². The van der Waals surface area contributed by atoms with E-state index in [-0.39, 0.29) is 5.69 Å². The molecule has 3 aromatic rings. The first-order chi connectivity index (χ1) is 18.6. The number of hydrogen-bond donors (Lipinski definition) is 2. The van der Waals surface area contributed by atoms with Gasteiger partial charge in [-0.1, -0.05) is 18.2 Å². The van der Waals surface area contributed by atoms with Gasteiger partial charge in [0.15, 0.2) is 0 Å². The summed E-state index contributed by atoms with van der Waals surface area (Å²) < 4.78 is 40.5. The van der Waals surface area contributed by atoms with E-state index in [0.29, 0.717) is 26.2 Å². The highest BCUT2D eigenvalue weighted by Gasteiger charge is 2.38. The number of anilines is 1. The number of nitrogens with one attached hydrogen (secondary N) is 1. The molecule has 0 spiro atoms. The van der Waals surface area contributed by atoms with Crippen molar-refractivity contribution in [3.05, 3.63) is 71.4 Å². The molecule has 39 heavy (non-hydrogen) atoms. The normalized spacial score (nSPS) is 14.3. The van der Waals surface area contributed by atoms with Gasteiger partial charge in [-0.2, -0.15) is 18.3 Å². The number of benzene rings is 2. The molecule has 1 aliphatic heterocycles. The molecule has 0 atom stereocenters. The number of nitrogens with zero attached hydrogens (tertiary/aromatic N) is 5. The van der Waals surface area contributed by atoms with Crippen molar-refractivity contribution in [1.29, 1.82) is 0 Å². The lowest BCUT2D eigenvalue weighted by Crippen LogP contribution is -2.30. The second-order valence-corrected chi connectivity index (χ2v) is 8.88. The Morgan fingerprint density at radius 3 is 2.33 bits per heavy atom. The van der Waals surface area contributed by atoms with Gasteiger partial charge in [0.25, 0.3) is 0 Å². The molecule has 10 nitrogen and oxygen atoms in total. The Hall–Kier alpha value is -3.84. The van der Waals surface area contributed by atoms with Gasteiger partial charge in [-0.05, 0) is 56.4 Å². The average molecular weight is 551 g/mol. The second kappa shape index (κ2) is 14.4. The van der Waals surface area contributed by atoms with E-state index >= 15 is 0 Å². The number of rotatable bonds is 9. The number of halogens is 3. The molecule has 0 unspecified atom stereocenters. The van der Waals surface area contributed by atoms with Gasteiger partial charge in [-0.25, -0.2) is 18.8 Å². The van der Waals surface area contributed by atoms with E-state index in [9.17, 15) is 18.0 Å². The smallest absolute Gasteiger partial charge is 0.490 e. The summed E-state index contributed by atoms with van der Waals surface area (Å²) in [5.74, 6) is -1.90. The third-order valence-corrected chi connectivity index (χ3v) is 5.98. The summed E-state index contributed by atoms with van der Waals surface area (Å²) in [5.41, 5.74) is 1.91. The molecule has 2 heterocycles. The van der Waals surface area contributed by atoms with Gasteiger partial charge in [0.05, 0.1) is 12.2 Å². The molecule has 1 aliphatic rings. The minimum atomic E-state index is -5.08. The summed E-state index contributed by atoms with van der Waals surface area (Å²) in [5, 5.41) is 14.7. The third kappa shape index (κ3) is 9.45. The van der Waals surface area contributed by atoms with Gasteiger partial charge < -0.3 is 25.0 Å². The van der Waals surface area contributed by atoms with Crippen LogP contribution in [0.15, 0.2) is 65.7 Å². The largest absolute Gasteiger partial charge is 0.492 e. The van der Waals surface area contributed by atoms with Gasteiger partial charge in [-0.15, -0.1) is 0 Å². The highest BCUT2D eigenvalue weighted by molar-refractivity contribution is 5.73. The lowest BCUT2D eigenvalue weighted by Gasteiger charge is -2.23. The van der Waals surface area contributed by atoms with Crippen LogP contribution in [0.5, 0.6) is 5.75 Å². The lowest BCUT2D eigenvalue weighted by molar-refractivity contribution is -0.192. The first-order valence-corrected chi connectivity index (χ1v) is 12.5. The summed E-state index contributed by atoms with van der Waals surface area (Å²) in [6.07, 6.45) is -2.33. The molecule has 212 valence electrons. The molecule has 0 amide bonds. The number of carboxylic acid groups (broad SMARTS) is 1. The van der Waals surface area contributed by atoms with Crippen molar-refractivity contribution in [2.45, 2.75) is 19.1 Å². The number of likely N-dealkylation sites (N-methyl/N-ethyl adjacent to an activating group) is 1. The summed E-state index contributed by atoms with van der Waals surface area (Å²) in [6, 6.07) is 17.9. The quantitative estimate of drug-likeness (QED) is 0.392. The number of para-hydroxylation sites is 1. The fourth-order valence-corrected chi connectivity index (χ4v) is 3.86. The standard InChI is InChI=1S/C24H32N6O2.C2HF3O2/c1-27-14-5-15-28(18-17-27)21-8-10-22(11-9-21)29-20-26-30(24(29)31)16-12-25-13-19-32-23-6-3-2-4-7-23;3-2(4,5)1(6)7/h2-4,6-11,20,25H,5,12-19H2,1H3;(H,6,7). The Bertz CT molecular complexity index is 1210. The minimum absolute atomic E-state index is 0.128. The molecular formula is C26H33F3N6O4. The van der Waals surface area contributed by atoms with Crippen molar-refractivity contribution in [2.75, 3.05) is 57.8 Å². The number of aromatic nitrogens is 3. The SMILES string of the molecule is CN1CCCN(c2ccc(-n3cnn(CCNCCOc4ccccc4)c3=O)cc2)CC1.O=C(O)C(F)(F)F. The zero-order valence-corrected chi connectivity index (χ0v) is 21.7. The molecule has 1 fully saturated rings. The predicted molar refractivity (Wildman–Crippen MR) is 141 cm³/mol. The number of carbonyl (C=O) groups is 1. The Kier molecular flexibility index (Phi) is 10.9. The van der Waals surface area contributed by atoms with E-state index in [4.69, 9.17) is 14.6 Å². The van der Waals surface area contributed by atoms with Crippen LogP contribution in [0.1, 0.15) is 6.42 Å². The van der Waals surface area contributed by atoms with E-state index < -0.39 is 12.1 Å². The van der Waals surface area contributed by atoms with E-state index in [1.54, 1.807) is 10.9 Å². The van der Waals surface area contributed by atoms with Crippen LogP contribution in [0, 0.1) is 0 Å². The number of ether oxygens (including phenoxy) is 1. The maximum atomic E-state index is 12.7. The fraction of sp³-hybridized carbons (Fsp3) is 0.423. The van der Waals surface area contributed by atoms with Crippen LogP contribution in [0.3, 0.4) is 0 Å². The van der Waals surface area contributed by atoms with Crippen molar-refractivity contribution in [1.82, 2.24) is 24.6 Å². The molecular weight excluding hydrogens is 517 g/mol.